The summed E-state index contributed by atoms with van der Waals surface area (Å²) in [5, 5.41) is 8.57. The highest BCUT2D eigenvalue weighted by atomic mass is 16.5. The van der Waals surface area contributed by atoms with Gasteiger partial charge in [-0.05, 0) is 18.6 Å². The van der Waals surface area contributed by atoms with E-state index in [-0.39, 0.29) is 12.6 Å². The van der Waals surface area contributed by atoms with Crippen LogP contribution < -0.4 is 10.5 Å². The van der Waals surface area contributed by atoms with Gasteiger partial charge < -0.3 is 15.6 Å². The maximum Gasteiger partial charge on any atom is 0.213 e. The Bertz CT molecular complexity index is 277. The second-order valence-corrected chi connectivity index (χ2v) is 3.14. The van der Waals surface area contributed by atoms with Gasteiger partial charge in [0.25, 0.3) is 0 Å². The normalized spacial score (nSPS) is 12.5. The van der Waals surface area contributed by atoms with Crippen molar-refractivity contribution in [2.24, 2.45) is 5.73 Å². The van der Waals surface area contributed by atoms with Crippen LogP contribution in [-0.2, 0) is 0 Å². The van der Waals surface area contributed by atoms with Gasteiger partial charge in [-0.25, -0.2) is 4.98 Å². The zero-order valence-electron chi connectivity index (χ0n) is 8.31. The topological polar surface area (TPSA) is 68.4 Å². The molecule has 1 unspecified atom stereocenters. The fraction of sp³-hybridized carbons (Fsp3) is 0.500. The molecule has 4 heteroatoms. The van der Waals surface area contributed by atoms with Gasteiger partial charge in [-0.1, -0.05) is 0 Å². The Kier molecular flexibility index (Phi) is 4.35. The average molecular weight is 196 g/mol. The minimum atomic E-state index is -0.0156. The smallest absolute Gasteiger partial charge is 0.213 e. The molecule has 1 aromatic rings. The van der Waals surface area contributed by atoms with Crippen LogP contribution in [0.4, 0.5) is 0 Å². The molecule has 0 aliphatic carbocycles. The van der Waals surface area contributed by atoms with Crippen molar-refractivity contribution >= 4 is 0 Å². The Morgan fingerprint density at radius 3 is 3.07 bits per heavy atom. The third kappa shape index (κ3) is 3.32. The van der Waals surface area contributed by atoms with E-state index in [1.807, 2.05) is 19.1 Å². The number of aliphatic hydroxyl groups excluding tert-OH is 1. The number of pyridine rings is 1. The van der Waals surface area contributed by atoms with E-state index in [1.165, 1.54) is 0 Å². The molecule has 0 amide bonds. The van der Waals surface area contributed by atoms with Gasteiger partial charge in [0.05, 0.1) is 6.61 Å². The van der Waals surface area contributed by atoms with Crippen molar-refractivity contribution in [1.29, 1.82) is 0 Å². The Balaban J connectivity index is 2.55. The standard InChI is InChI=1S/C10H16N2O2/c1-8(11)9-3-4-12-10(7-9)14-6-2-5-13/h3-4,7-8,13H,2,5-6,11H2,1H3. The molecule has 0 saturated carbocycles. The maximum absolute atomic E-state index is 8.57. The van der Waals surface area contributed by atoms with Gasteiger partial charge >= 0.3 is 0 Å². The molecule has 0 aromatic carbocycles. The number of nitrogens with zero attached hydrogens (tertiary/aromatic N) is 1. The third-order valence-electron chi connectivity index (χ3n) is 1.84. The first kappa shape index (κ1) is 10.9. The van der Waals surface area contributed by atoms with E-state index < -0.39 is 0 Å². The minimum Gasteiger partial charge on any atom is -0.478 e. The quantitative estimate of drug-likeness (QED) is 0.685. The Hall–Kier alpha value is -1.13. The largest absolute Gasteiger partial charge is 0.478 e. The van der Waals surface area contributed by atoms with Crippen LogP contribution in [-0.4, -0.2) is 23.3 Å². The van der Waals surface area contributed by atoms with E-state index in [4.69, 9.17) is 15.6 Å². The summed E-state index contributed by atoms with van der Waals surface area (Å²) >= 11 is 0. The Morgan fingerprint density at radius 1 is 1.64 bits per heavy atom. The summed E-state index contributed by atoms with van der Waals surface area (Å²) in [6, 6.07) is 3.67. The summed E-state index contributed by atoms with van der Waals surface area (Å²) in [6.07, 6.45) is 2.29. The summed E-state index contributed by atoms with van der Waals surface area (Å²) in [6.45, 7) is 2.52. The molecule has 78 valence electrons. The summed E-state index contributed by atoms with van der Waals surface area (Å²) < 4.78 is 5.31. The minimum absolute atomic E-state index is 0.0156. The number of hydrogen-bond acceptors (Lipinski definition) is 4. The molecule has 1 aromatic heterocycles. The second-order valence-electron chi connectivity index (χ2n) is 3.14. The SMILES string of the molecule is CC(N)c1ccnc(OCCCO)c1. The lowest BCUT2D eigenvalue weighted by Gasteiger charge is -2.08. The third-order valence-corrected chi connectivity index (χ3v) is 1.84. The van der Waals surface area contributed by atoms with Crippen LogP contribution >= 0.6 is 0 Å². The van der Waals surface area contributed by atoms with Crippen LogP contribution in [0.3, 0.4) is 0 Å². The van der Waals surface area contributed by atoms with Crippen LogP contribution in [0.15, 0.2) is 18.3 Å². The zero-order valence-corrected chi connectivity index (χ0v) is 8.31. The molecule has 3 N–H and O–H groups in total. The van der Waals surface area contributed by atoms with Crippen molar-refractivity contribution in [3.8, 4) is 5.88 Å². The molecule has 0 fully saturated rings. The monoisotopic (exact) mass is 196 g/mol. The molecule has 4 nitrogen and oxygen atoms in total. The Morgan fingerprint density at radius 2 is 2.43 bits per heavy atom. The van der Waals surface area contributed by atoms with Gasteiger partial charge in [0.1, 0.15) is 0 Å². The predicted molar refractivity (Wildman–Crippen MR) is 54.0 cm³/mol. The summed E-state index contributed by atoms with van der Waals surface area (Å²) in [7, 11) is 0. The predicted octanol–water partition coefficient (Wildman–Crippen LogP) is 0.863. The van der Waals surface area contributed by atoms with Crippen LogP contribution in [0.25, 0.3) is 0 Å². The first-order chi connectivity index (χ1) is 6.74. The van der Waals surface area contributed by atoms with Crippen molar-refractivity contribution in [2.45, 2.75) is 19.4 Å². The molecular weight excluding hydrogens is 180 g/mol. The fourth-order valence-electron chi connectivity index (χ4n) is 1.03. The van der Waals surface area contributed by atoms with Crippen molar-refractivity contribution in [1.82, 2.24) is 4.98 Å². The van der Waals surface area contributed by atoms with E-state index in [2.05, 4.69) is 4.98 Å². The van der Waals surface area contributed by atoms with Crippen molar-refractivity contribution < 1.29 is 9.84 Å². The summed E-state index contributed by atoms with van der Waals surface area (Å²) in [5.74, 6) is 0.563. The lowest BCUT2D eigenvalue weighted by Crippen LogP contribution is -2.06. The first-order valence-corrected chi connectivity index (χ1v) is 4.69. The number of hydrogen-bond donors (Lipinski definition) is 2. The van der Waals surface area contributed by atoms with Gasteiger partial charge in [-0.2, -0.15) is 0 Å². The molecule has 0 aliphatic heterocycles. The van der Waals surface area contributed by atoms with Crippen LogP contribution in [0.5, 0.6) is 5.88 Å². The van der Waals surface area contributed by atoms with E-state index in [1.54, 1.807) is 6.20 Å². The Labute approximate surface area is 83.7 Å². The zero-order chi connectivity index (χ0) is 10.4. The highest BCUT2D eigenvalue weighted by Gasteiger charge is 2.01. The number of aliphatic hydroxyl groups is 1. The average Bonchev–Trinajstić information content (AvgIpc) is 2.19. The van der Waals surface area contributed by atoms with Gasteiger partial charge in [-0.3, -0.25) is 0 Å². The lowest BCUT2D eigenvalue weighted by atomic mass is 10.1. The second kappa shape index (κ2) is 5.57. The van der Waals surface area contributed by atoms with Crippen LogP contribution in [0.1, 0.15) is 24.9 Å². The van der Waals surface area contributed by atoms with Crippen LogP contribution in [0, 0.1) is 0 Å². The van der Waals surface area contributed by atoms with Gasteiger partial charge in [0.15, 0.2) is 0 Å². The van der Waals surface area contributed by atoms with Gasteiger partial charge in [0.2, 0.25) is 5.88 Å². The van der Waals surface area contributed by atoms with E-state index >= 15 is 0 Å². The molecule has 0 radical (unpaired) electrons. The molecule has 1 heterocycles. The fourth-order valence-corrected chi connectivity index (χ4v) is 1.03. The summed E-state index contributed by atoms with van der Waals surface area (Å²) in [4.78, 5) is 4.03. The first-order valence-electron chi connectivity index (χ1n) is 4.69. The van der Waals surface area contributed by atoms with Crippen molar-refractivity contribution in [3.05, 3.63) is 23.9 Å². The molecular formula is C10H16N2O2. The molecule has 0 bridgehead atoms. The highest BCUT2D eigenvalue weighted by molar-refractivity contribution is 5.22. The van der Waals surface area contributed by atoms with Gasteiger partial charge in [-0.15, -0.1) is 0 Å². The maximum atomic E-state index is 8.57. The molecule has 0 spiro atoms. The van der Waals surface area contributed by atoms with E-state index in [0.29, 0.717) is 18.9 Å². The highest BCUT2D eigenvalue weighted by Crippen LogP contribution is 2.14. The molecule has 1 atom stereocenters. The van der Waals surface area contributed by atoms with E-state index in [9.17, 15) is 0 Å². The van der Waals surface area contributed by atoms with Crippen molar-refractivity contribution in [2.75, 3.05) is 13.2 Å². The number of ether oxygens (including phenoxy) is 1. The molecule has 0 saturated heterocycles. The molecule has 0 aliphatic rings. The molecule has 1 rings (SSSR count). The number of nitrogens with two attached hydrogens (primary N) is 1. The van der Waals surface area contributed by atoms with Gasteiger partial charge in [0, 0.05) is 31.3 Å². The van der Waals surface area contributed by atoms with Crippen LogP contribution in [0.2, 0.25) is 0 Å². The molecule has 14 heavy (non-hydrogen) atoms. The van der Waals surface area contributed by atoms with E-state index in [0.717, 1.165) is 5.56 Å². The number of aromatic nitrogens is 1. The lowest BCUT2D eigenvalue weighted by molar-refractivity contribution is 0.229. The summed E-state index contributed by atoms with van der Waals surface area (Å²) in [5.41, 5.74) is 6.71. The van der Waals surface area contributed by atoms with Crippen molar-refractivity contribution in [3.63, 3.8) is 0 Å². The number of rotatable bonds is 5.